The molecule has 1 aliphatic heterocycles. The highest BCUT2D eigenvalue weighted by Gasteiger charge is 2.22. The molecule has 3 rings (SSSR count). The molecule has 2 nitrogen and oxygen atoms in total. The van der Waals surface area contributed by atoms with Gasteiger partial charge in [0.25, 0.3) is 0 Å². The summed E-state index contributed by atoms with van der Waals surface area (Å²) in [7, 11) is 0. The van der Waals surface area contributed by atoms with Crippen LogP contribution in [0.4, 0.5) is 0 Å². The van der Waals surface area contributed by atoms with Crippen LogP contribution in [0.15, 0.2) is 28.7 Å². The number of aromatic nitrogens is 1. The summed E-state index contributed by atoms with van der Waals surface area (Å²) in [6, 6.07) is 9.02. The number of benzene rings is 1. The molecular weight excluding hydrogens is 320 g/mol. The molecule has 0 amide bonds. The molecule has 0 radical (unpaired) electrons. The number of rotatable bonds is 2. The monoisotopic (exact) mass is 336 g/mol. The fourth-order valence-electron chi connectivity index (χ4n) is 2.40. The van der Waals surface area contributed by atoms with Gasteiger partial charge in [0.2, 0.25) is 0 Å². The molecule has 0 saturated carbocycles. The molecule has 19 heavy (non-hydrogen) atoms. The normalized spacial score (nSPS) is 15.8. The third kappa shape index (κ3) is 2.76. The third-order valence-electron chi connectivity index (χ3n) is 3.56. The lowest BCUT2D eigenvalue weighted by atomic mass is 10.1. The summed E-state index contributed by atoms with van der Waals surface area (Å²) in [4.78, 5) is 8.79. The second-order valence-electron chi connectivity index (χ2n) is 5.21. The van der Waals surface area contributed by atoms with Crippen LogP contribution < -0.4 is 0 Å². The average Bonchev–Trinajstić information content (AvgIpc) is 2.81. The van der Waals surface area contributed by atoms with Gasteiger partial charge >= 0.3 is 0 Å². The van der Waals surface area contributed by atoms with Crippen LogP contribution in [0, 0.1) is 0 Å². The Balaban J connectivity index is 1.91. The van der Waals surface area contributed by atoms with Gasteiger partial charge in [0.15, 0.2) is 0 Å². The molecule has 0 N–H and O–H groups in total. The van der Waals surface area contributed by atoms with Crippen molar-refractivity contribution < 1.29 is 0 Å². The van der Waals surface area contributed by atoms with E-state index in [2.05, 4.69) is 58.9 Å². The Bertz CT molecular complexity index is 592. The first-order chi connectivity index (χ1) is 9.13. The Morgan fingerprint density at radius 3 is 2.95 bits per heavy atom. The summed E-state index contributed by atoms with van der Waals surface area (Å²) in [5.74, 6) is 0. The van der Waals surface area contributed by atoms with Crippen molar-refractivity contribution in [2.75, 3.05) is 6.54 Å². The fraction of sp³-hybridized carbons (Fsp3) is 0.400. The third-order valence-corrected chi connectivity index (χ3v) is 5.19. The Morgan fingerprint density at radius 1 is 1.37 bits per heavy atom. The van der Waals surface area contributed by atoms with E-state index in [1.54, 1.807) is 0 Å². The van der Waals surface area contributed by atoms with Gasteiger partial charge in [0.1, 0.15) is 5.01 Å². The van der Waals surface area contributed by atoms with E-state index >= 15 is 0 Å². The van der Waals surface area contributed by atoms with E-state index in [1.165, 1.54) is 16.1 Å². The van der Waals surface area contributed by atoms with Crippen LogP contribution in [0.3, 0.4) is 0 Å². The SMILES string of the molecule is CC(C)N1CCc2nc(-c3cccc(Br)c3)sc2C1. The van der Waals surface area contributed by atoms with Gasteiger partial charge in [-0.25, -0.2) is 4.98 Å². The van der Waals surface area contributed by atoms with Gasteiger partial charge in [0.05, 0.1) is 5.69 Å². The Morgan fingerprint density at radius 2 is 2.21 bits per heavy atom. The van der Waals surface area contributed by atoms with E-state index < -0.39 is 0 Å². The van der Waals surface area contributed by atoms with Crippen molar-refractivity contribution in [1.82, 2.24) is 9.88 Å². The molecule has 0 spiro atoms. The highest BCUT2D eigenvalue weighted by atomic mass is 79.9. The Hall–Kier alpha value is -0.710. The lowest BCUT2D eigenvalue weighted by Gasteiger charge is -2.29. The summed E-state index contributed by atoms with van der Waals surface area (Å²) in [5, 5.41) is 1.15. The molecule has 0 unspecified atom stereocenters. The average molecular weight is 337 g/mol. The van der Waals surface area contributed by atoms with Crippen molar-refractivity contribution in [3.8, 4) is 10.6 Å². The number of hydrogen-bond acceptors (Lipinski definition) is 3. The molecule has 4 heteroatoms. The molecule has 1 aromatic heterocycles. The van der Waals surface area contributed by atoms with E-state index in [9.17, 15) is 0 Å². The highest BCUT2D eigenvalue weighted by molar-refractivity contribution is 9.10. The second kappa shape index (κ2) is 5.35. The van der Waals surface area contributed by atoms with Crippen LogP contribution in [0.25, 0.3) is 10.6 Å². The lowest BCUT2D eigenvalue weighted by molar-refractivity contribution is 0.205. The minimum Gasteiger partial charge on any atom is -0.295 e. The van der Waals surface area contributed by atoms with Gasteiger partial charge in [0, 0.05) is 40.5 Å². The minimum absolute atomic E-state index is 0.615. The second-order valence-corrected chi connectivity index (χ2v) is 7.21. The molecule has 2 aromatic rings. The molecule has 0 aliphatic carbocycles. The number of hydrogen-bond donors (Lipinski definition) is 0. The fourth-order valence-corrected chi connectivity index (χ4v) is 3.93. The molecule has 0 fully saturated rings. The van der Waals surface area contributed by atoms with Crippen molar-refractivity contribution in [3.05, 3.63) is 39.3 Å². The zero-order chi connectivity index (χ0) is 13.4. The van der Waals surface area contributed by atoms with Gasteiger partial charge in [-0.05, 0) is 26.0 Å². The van der Waals surface area contributed by atoms with Crippen LogP contribution >= 0.6 is 27.3 Å². The molecule has 1 aromatic carbocycles. The predicted octanol–water partition coefficient (Wildman–Crippen LogP) is 4.34. The van der Waals surface area contributed by atoms with Crippen molar-refractivity contribution >= 4 is 27.3 Å². The first-order valence-electron chi connectivity index (χ1n) is 6.62. The zero-order valence-electron chi connectivity index (χ0n) is 11.2. The number of halogens is 1. The summed E-state index contributed by atoms with van der Waals surface area (Å²) in [5.41, 5.74) is 2.52. The number of thiazole rings is 1. The lowest BCUT2D eigenvalue weighted by Crippen LogP contribution is -2.35. The van der Waals surface area contributed by atoms with E-state index in [-0.39, 0.29) is 0 Å². The predicted molar refractivity (Wildman–Crippen MR) is 84.5 cm³/mol. The molecular formula is C15H17BrN2S. The van der Waals surface area contributed by atoms with Gasteiger partial charge in [-0.1, -0.05) is 28.1 Å². The molecule has 0 saturated heterocycles. The van der Waals surface area contributed by atoms with E-state index in [0.717, 1.165) is 29.0 Å². The summed E-state index contributed by atoms with van der Waals surface area (Å²) in [6.45, 7) is 6.72. The quantitative estimate of drug-likeness (QED) is 0.810. The largest absolute Gasteiger partial charge is 0.295 e. The van der Waals surface area contributed by atoms with E-state index in [1.807, 2.05) is 11.3 Å². The van der Waals surface area contributed by atoms with Crippen molar-refractivity contribution in [3.63, 3.8) is 0 Å². The van der Waals surface area contributed by atoms with Crippen LogP contribution in [0.2, 0.25) is 0 Å². The minimum atomic E-state index is 0.615. The Kier molecular flexibility index (Phi) is 3.74. The van der Waals surface area contributed by atoms with Crippen molar-refractivity contribution in [1.29, 1.82) is 0 Å². The van der Waals surface area contributed by atoms with Gasteiger partial charge in [-0.15, -0.1) is 11.3 Å². The molecule has 2 heterocycles. The first-order valence-corrected chi connectivity index (χ1v) is 8.23. The molecule has 1 aliphatic rings. The number of nitrogens with zero attached hydrogens (tertiary/aromatic N) is 2. The van der Waals surface area contributed by atoms with E-state index in [4.69, 9.17) is 4.98 Å². The van der Waals surface area contributed by atoms with Gasteiger partial charge < -0.3 is 0 Å². The van der Waals surface area contributed by atoms with Gasteiger partial charge in [-0.3, -0.25) is 4.90 Å². The van der Waals surface area contributed by atoms with Gasteiger partial charge in [-0.2, -0.15) is 0 Å². The van der Waals surface area contributed by atoms with Crippen molar-refractivity contribution in [2.24, 2.45) is 0 Å². The molecule has 0 bridgehead atoms. The molecule has 100 valence electrons. The summed E-state index contributed by atoms with van der Waals surface area (Å²) in [6.07, 6.45) is 1.08. The van der Waals surface area contributed by atoms with E-state index in [0.29, 0.717) is 6.04 Å². The first kappa shape index (κ1) is 13.3. The molecule has 0 atom stereocenters. The maximum Gasteiger partial charge on any atom is 0.123 e. The van der Waals surface area contributed by atoms with Crippen LogP contribution in [-0.4, -0.2) is 22.5 Å². The zero-order valence-corrected chi connectivity index (χ0v) is 13.6. The van der Waals surface area contributed by atoms with Crippen LogP contribution in [-0.2, 0) is 13.0 Å². The Labute approximate surface area is 126 Å². The standard InChI is InChI=1S/C15H17BrN2S/c1-10(2)18-7-6-13-14(9-18)19-15(17-13)11-4-3-5-12(16)8-11/h3-5,8,10H,6-7,9H2,1-2H3. The maximum absolute atomic E-state index is 4.83. The van der Waals surface area contributed by atoms with Crippen molar-refractivity contribution in [2.45, 2.75) is 32.9 Å². The number of fused-ring (bicyclic) bond motifs is 1. The highest BCUT2D eigenvalue weighted by Crippen LogP contribution is 2.33. The maximum atomic E-state index is 4.83. The van der Waals surface area contributed by atoms with Crippen LogP contribution in [0.1, 0.15) is 24.4 Å². The smallest absolute Gasteiger partial charge is 0.123 e. The summed E-state index contributed by atoms with van der Waals surface area (Å²) >= 11 is 5.37. The topological polar surface area (TPSA) is 16.1 Å². The van der Waals surface area contributed by atoms with Crippen LogP contribution in [0.5, 0.6) is 0 Å². The summed E-state index contributed by atoms with van der Waals surface area (Å²) < 4.78 is 1.11.